The lowest BCUT2D eigenvalue weighted by molar-refractivity contribution is -0.117. The lowest BCUT2D eigenvalue weighted by atomic mass is 10.1. The zero-order chi connectivity index (χ0) is 18.6. The van der Waals surface area contributed by atoms with Crippen molar-refractivity contribution in [2.45, 2.75) is 11.8 Å². The fourth-order valence-electron chi connectivity index (χ4n) is 2.03. The number of benzene rings is 2. The van der Waals surface area contributed by atoms with E-state index in [2.05, 4.69) is 5.32 Å². The standard InChI is InChI=1S/C16H14N2O6S.2ClH/c1-10(19)18-25(23,24)12-8-6-11(7-9-12)17-15(20)13-4-2-3-5-14(13)16(21)22;;/h2-9H,1H3,(H,17,20)(H,18,19)(H,21,22);2*1H. The van der Waals surface area contributed by atoms with E-state index in [1.165, 1.54) is 48.5 Å². The number of sulfonamides is 1. The Kier molecular flexibility index (Phi) is 8.95. The van der Waals surface area contributed by atoms with Gasteiger partial charge in [-0.15, -0.1) is 24.8 Å². The van der Waals surface area contributed by atoms with E-state index >= 15 is 0 Å². The largest absolute Gasteiger partial charge is 0.478 e. The summed E-state index contributed by atoms with van der Waals surface area (Å²) in [5.41, 5.74) is 0.0989. The SMILES string of the molecule is CC(=O)NS(=O)(=O)c1ccc(NC(=O)c2ccccc2C(=O)O)cc1.Cl.Cl. The summed E-state index contributed by atoms with van der Waals surface area (Å²) in [6.45, 7) is 1.08. The summed E-state index contributed by atoms with van der Waals surface area (Å²) in [4.78, 5) is 34.1. The van der Waals surface area contributed by atoms with Crippen LogP contribution in [0.2, 0.25) is 0 Å². The molecular weight excluding hydrogens is 419 g/mol. The first-order chi connectivity index (χ1) is 11.7. The van der Waals surface area contributed by atoms with Gasteiger partial charge in [0, 0.05) is 12.6 Å². The van der Waals surface area contributed by atoms with Gasteiger partial charge in [-0.3, -0.25) is 9.59 Å². The summed E-state index contributed by atoms with van der Waals surface area (Å²) in [6, 6.07) is 10.8. The second kappa shape index (κ2) is 9.91. The third kappa shape index (κ3) is 6.24. The Morgan fingerprint density at radius 3 is 1.89 bits per heavy atom. The van der Waals surface area contributed by atoms with Gasteiger partial charge < -0.3 is 10.4 Å². The van der Waals surface area contributed by atoms with Crippen LogP contribution in [0.15, 0.2) is 53.4 Å². The van der Waals surface area contributed by atoms with Crippen molar-refractivity contribution in [2.75, 3.05) is 5.32 Å². The molecule has 2 aromatic carbocycles. The molecule has 0 aromatic heterocycles. The van der Waals surface area contributed by atoms with Crippen molar-refractivity contribution in [2.24, 2.45) is 0 Å². The second-order valence-electron chi connectivity index (χ2n) is 4.99. The minimum Gasteiger partial charge on any atom is -0.478 e. The van der Waals surface area contributed by atoms with Crippen molar-refractivity contribution in [3.8, 4) is 0 Å². The summed E-state index contributed by atoms with van der Waals surface area (Å²) in [6.07, 6.45) is 0. The Balaban J connectivity index is 0.00000338. The number of nitrogens with one attached hydrogen (secondary N) is 2. The smallest absolute Gasteiger partial charge is 0.336 e. The van der Waals surface area contributed by atoms with Crippen LogP contribution in [0.25, 0.3) is 0 Å². The van der Waals surface area contributed by atoms with E-state index in [9.17, 15) is 22.8 Å². The van der Waals surface area contributed by atoms with Crippen molar-refractivity contribution in [1.82, 2.24) is 4.72 Å². The normalized spacial score (nSPS) is 9.96. The molecule has 2 amide bonds. The van der Waals surface area contributed by atoms with Gasteiger partial charge in [-0.05, 0) is 36.4 Å². The first-order valence-corrected chi connectivity index (χ1v) is 8.46. The van der Waals surface area contributed by atoms with E-state index in [0.29, 0.717) is 0 Å². The summed E-state index contributed by atoms with van der Waals surface area (Å²) in [5, 5.41) is 11.6. The molecule has 0 saturated heterocycles. The highest BCUT2D eigenvalue weighted by atomic mass is 35.5. The van der Waals surface area contributed by atoms with Crippen molar-refractivity contribution < 1.29 is 27.9 Å². The maximum Gasteiger partial charge on any atom is 0.336 e. The molecule has 0 atom stereocenters. The van der Waals surface area contributed by atoms with Crippen LogP contribution in [-0.4, -0.2) is 31.3 Å². The average Bonchev–Trinajstić information content (AvgIpc) is 2.54. The van der Waals surface area contributed by atoms with E-state index < -0.39 is 27.8 Å². The molecule has 0 aliphatic carbocycles. The van der Waals surface area contributed by atoms with Crippen molar-refractivity contribution in [3.63, 3.8) is 0 Å². The quantitative estimate of drug-likeness (QED) is 0.661. The summed E-state index contributed by atoms with van der Waals surface area (Å²) in [5.74, 6) is -2.60. The van der Waals surface area contributed by atoms with E-state index in [1.54, 1.807) is 0 Å². The minimum absolute atomic E-state index is 0. The van der Waals surface area contributed by atoms with Gasteiger partial charge in [0.15, 0.2) is 0 Å². The van der Waals surface area contributed by atoms with Gasteiger partial charge >= 0.3 is 5.97 Å². The third-order valence-corrected chi connectivity index (χ3v) is 4.55. The van der Waals surface area contributed by atoms with Gasteiger partial charge in [-0.1, -0.05) is 12.1 Å². The molecule has 3 N–H and O–H groups in total. The number of halogens is 2. The number of carbonyl (C=O) groups is 3. The zero-order valence-corrected chi connectivity index (χ0v) is 16.3. The number of carbonyl (C=O) groups excluding carboxylic acids is 2. The molecule has 8 nitrogen and oxygen atoms in total. The highest BCUT2D eigenvalue weighted by Crippen LogP contribution is 2.16. The lowest BCUT2D eigenvalue weighted by Crippen LogP contribution is -2.28. The van der Waals surface area contributed by atoms with E-state index in [-0.39, 0.29) is 46.5 Å². The number of hydrogen-bond acceptors (Lipinski definition) is 5. The predicted octanol–water partition coefficient (Wildman–Crippen LogP) is 2.31. The molecule has 146 valence electrons. The third-order valence-electron chi connectivity index (χ3n) is 3.10. The molecule has 2 aromatic rings. The Morgan fingerprint density at radius 2 is 1.41 bits per heavy atom. The van der Waals surface area contributed by atoms with Crippen LogP contribution < -0.4 is 10.0 Å². The number of carboxylic acid groups (broad SMARTS) is 1. The van der Waals surface area contributed by atoms with Crippen LogP contribution >= 0.6 is 24.8 Å². The lowest BCUT2D eigenvalue weighted by Gasteiger charge is -2.09. The zero-order valence-electron chi connectivity index (χ0n) is 13.8. The van der Waals surface area contributed by atoms with Crippen LogP contribution in [0.1, 0.15) is 27.6 Å². The summed E-state index contributed by atoms with van der Waals surface area (Å²) in [7, 11) is -3.96. The summed E-state index contributed by atoms with van der Waals surface area (Å²) < 4.78 is 25.5. The van der Waals surface area contributed by atoms with Gasteiger partial charge in [0.2, 0.25) is 5.91 Å². The average molecular weight is 435 g/mol. The number of rotatable bonds is 5. The van der Waals surface area contributed by atoms with Crippen LogP contribution in [0, 0.1) is 0 Å². The number of aromatic carboxylic acids is 1. The Labute approximate surface area is 167 Å². The highest BCUT2D eigenvalue weighted by Gasteiger charge is 2.17. The van der Waals surface area contributed by atoms with Crippen molar-refractivity contribution in [3.05, 3.63) is 59.7 Å². The van der Waals surface area contributed by atoms with Gasteiger partial charge in [0.25, 0.3) is 15.9 Å². The molecule has 0 bridgehead atoms. The molecule has 0 unspecified atom stereocenters. The molecule has 0 aliphatic heterocycles. The monoisotopic (exact) mass is 434 g/mol. The number of amides is 2. The molecule has 0 radical (unpaired) electrons. The van der Waals surface area contributed by atoms with Crippen LogP contribution in [0.4, 0.5) is 5.69 Å². The fourth-order valence-corrected chi connectivity index (χ4v) is 3.02. The predicted molar refractivity (Wildman–Crippen MR) is 103 cm³/mol. The van der Waals surface area contributed by atoms with E-state index in [1.807, 2.05) is 4.72 Å². The molecule has 11 heteroatoms. The highest BCUT2D eigenvalue weighted by molar-refractivity contribution is 7.90. The topological polar surface area (TPSA) is 130 Å². The summed E-state index contributed by atoms with van der Waals surface area (Å²) >= 11 is 0. The second-order valence-corrected chi connectivity index (χ2v) is 6.67. The van der Waals surface area contributed by atoms with Crippen molar-refractivity contribution >= 4 is 58.3 Å². The first-order valence-electron chi connectivity index (χ1n) is 6.98. The molecule has 27 heavy (non-hydrogen) atoms. The minimum atomic E-state index is -3.96. The first kappa shape index (κ1) is 24.4. The number of anilines is 1. The number of hydrogen-bond donors (Lipinski definition) is 3. The molecule has 0 aliphatic rings. The van der Waals surface area contributed by atoms with Crippen molar-refractivity contribution in [1.29, 1.82) is 0 Å². The molecular formula is C16H16Cl2N2O6S. The molecule has 0 fully saturated rings. The van der Waals surface area contributed by atoms with Gasteiger partial charge in [0.05, 0.1) is 16.0 Å². The van der Waals surface area contributed by atoms with Gasteiger partial charge in [0.1, 0.15) is 0 Å². The maximum absolute atomic E-state index is 12.2. The van der Waals surface area contributed by atoms with Gasteiger partial charge in [-0.2, -0.15) is 0 Å². The van der Waals surface area contributed by atoms with E-state index in [0.717, 1.165) is 6.92 Å². The van der Waals surface area contributed by atoms with Crippen LogP contribution in [-0.2, 0) is 14.8 Å². The molecule has 0 heterocycles. The number of carboxylic acids is 1. The van der Waals surface area contributed by atoms with Gasteiger partial charge in [-0.25, -0.2) is 17.9 Å². The van der Waals surface area contributed by atoms with Crippen LogP contribution in [0.3, 0.4) is 0 Å². The van der Waals surface area contributed by atoms with E-state index in [4.69, 9.17) is 5.11 Å². The Morgan fingerprint density at radius 1 is 0.889 bits per heavy atom. The Hall–Kier alpha value is -2.62. The van der Waals surface area contributed by atoms with Crippen LogP contribution in [0.5, 0.6) is 0 Å². The Bertz CT molecular complexity index is 946. The molecule has 0 saturated carbocycles. The fraction of sp³-hybridized carbons (Fsp3) is 0.0625. The maximum atomic E-state index is 12.2. The molecule has 2 rings (SSSR count). The molecule has 0 spiro atoms.